The van der Waals surface area contributed by atoms with E-state index >= 15 is 0 Å². The fourth-order valence-electron chi connectivity index (χ4n) is 2.90. The number of ether oxygens (including phenoxy) is 1. The van der Waals surface area contributed by atoms with E-state index in [0.29, 0.717) is 12.8 Å². The molecule has 0 fully saturated rings. The third-order valence-electron chi connectivity index (χ3n) is 3.98. The first kappa shape index (κ1) is 16.6. The van der Waals surface area contributed by atoms with Crippen molar-refractivity contribution in [3.8, 4) is 0 Å². The van der Waals surface area contributed by atoms with E-state index in [9.17, 15) is 9.59 Å². The topological polar surface area (TPSA) is 63.6 Å². The van der Waals surface area contributed by atoms with Gasteiger partial charge in [0.05, 0.1) is 32.2 Å². The summed E-state index contributed by atoms with van der Waals surface area (Å²) in [6.07, 6.45) is 1.19. The Morgan fingerprint density at radius 2 is 1.95 bits per heavy atom. The number of hydrogen-bond donors (Lipinski definition) is 1. The molecule has 0 aromatic heterocycles. The Morgan fingerprint density at radius 3 is 2.59 bits per heavy atom. The number of benzene rings is 1. The van der Waals surface area contributed by atoms with Gasteiger partial charge in [0.15, 0.2) is 5.78 Å². The van der Waals surface area contributed by atoms with E-state index in [1.165, 1.54) is 0 Å². The molecule has 118 valence electrons. The van der Waals surface area contributed by atoms with Gasteiger partial charge >= 0.3 is 0 Å². The number of Topliss-reactive ketones (excluding diaryl/α,β-unsaturated/α-hetero) is 2. The minimum atomic E-state index is -0.376. The second kappa shape index (κ2) is 8.01. The number of aliphatic hydroxyl groups excluding tert-OH is 1. The molecule has 0 saturated heterocycles. The predicted octanol–water partition coefficient (Wildman–Crippen LogP) is 2.10. The molecule has 1 aliphatic carbocycles. The van der Waals surface area contributed by atoms with Crippen LogP contribution in [0.25, 0.3) is 0 Å². The van der Waals surface area contributed by atoms with Crippen molar-refractivity contribution in [1.82, 2.24) is 0 Å². The lowest BCUT2D eigenvalue weighted by Crippen LogP contribution is -2.33. The maximum absolute atomic E-state index is 12.3. The molecule has 1 unspecified atom stereocenters. The fraction of sp³-hybridized carbons (Fsp3) is 0.444. The second-order valence-corrected chi connectivity index (χ2v) is 5.44. The highest BCUT2D eigenvalue weighted by molar-refractivity contribution is 6.12. The Morgan fingerprint density at radius 1 is 1.23 bits per heavy atom. The number of aliphatic hydroxyl groups is 1. The maximum atomic E-state index is 12.3. The summed E-state index contributed by atoms with van der Waals surface area (Å²) in [5, 5.41) is 8.83. The summed E-state index contributed by atoms with van der Waals surface area (Å²) in [7, 11) is 0. The quantitative estimate of drug-likeness (QED) is 0.619. The molecule has 4 nitrogen and oxygen atoms in total. The molecule has 0 saturated carbocycles. The number of hydrogen-bond acceptors (Lipinski definition) is 4. The SMILES string of the molecule is CCC1=C(Cc2ccccc2)C(COCCO)C(=O)CC1=O. The normalized spacial score (nSPS) is 18.9. The second-order valence-electron chi connectivity index (χ2n) is 5.44. The number of allylic oxidation sites excluding steroid dienone is 1. The van der Waals surface area contributed by atoms with Gasteiger partial charge in [0.25, 0.3) is 0 Å². The molecule has 1 N–H and O–H groups in total. The molecule has 4 heteroatoms. The van der Waals surface area contributed by atoms with Crippen LogP contribution >= 0.6 is 0 Å². The maximum Gasteiger partial charge on any atom is 0.166 e. The summed E-state index contributed by atoms with van der Waals surface area (Å²) >= 11 is 0. The van der Waals surface area contributed by atoms with Crippen LogP contribution in [0.4, 0.5) is 0 Å². The van der Waals surface area contributed by atoms with E-state index in [-0.39, 0.29) is 43.7 Å². The average Bonchev–Trinajstić information content (AvgIpc) is 2.51. The van der Waals surface area contributed by atoms with Gasteiger partial charge in [-0.2, -0.15) is 0 Å². The predicted molar refractivity (Wildman–Crippen MR) is 83.5 cm³/mol. The minimum absolute atomic E-state index is 0.0331. The summed E-state index contributed by atoms with van der Waals surface area (Å²) in [4.78, 5) is 24.4. The van der Waals surface area contributed by atoms with Gasteiger partial charge in [-0.05, 0) is 29.6 Å². The highest BCUT2D eigenvalue weighted by atomic mass is 16.5. The molecule has 1 aromatic rings. The van der Waals surface area contributed by atoms with E-state index in [1.807, 2.05) is 37.3 Å². The third kappa shape index (κ3) is 3.90. The van der Waals surface area contributed by atoms with Gasteiger partial charge < -0.3 is 9.84 Å². The smallest absolute Gasteiger partial charge is 0.166 e. The molecule has 0 aliphatic heterocycles. The van der Waals surface area contributed by atoms with E-state index in [1.54, 1.807) is 0 Å². The van der Waals surface area contributed by atoms with Crippen LogP contribution in [0.15, 0.2) is 41.5 Å². The van der Waals surface area contributed by atoms with E-state index in [2.05, 4.69) is 0 Å². The first-order valence-corrected chi connectivity index (χ1v) is 7.67. The molecule has 0 amide bonds. The zero-order valence-electron chi connectivity index (χ0n) is 12.9. The highest BCUT2D eigenvalue weighted by Crippen LogP contribution is 2.30. The van der Waals surface area contributed by atoms with E-state index in [0.717, 1.165) is 16.7 Å². The van der Waals surface area contributed by atoms with Gasteiger partial charge in [-0.25, -0.2) is 0 Å². The van der Waals surface area contributed by atoms with Crippen molar-refractivity contribution >= 4 is 11.6 Å². The average molecular weight is 302 g/mol. The fourth-order valence-corrected chi connectivity index (χ4v) is 2.90. The van der Waals surface area contributed by atoms with Crippen molar-refractivity contribution in [2.24, 2.45) is 5.92 Å². The molecule has 1 aromatic carbocycles. The van der Waals surface area contributed by atoms with E-state index in [4.69, 9.17) is 9.84 Å². The van der Waals surface area contributed by atoms with Crippen molar-refractivity contribution in [2.45, 2.75) is 26.2 Å². The van der Waals surface area contributed by atoms with Gasteiger partial charge in [0, 0.05) is 0 Å². The molecule has 0 bridgehead atoms. The molecule has 0 radical (unpaired) electrons. The lowest BCUT2D eigenvalue weighted by Gasteiger charge is -2.27. The van der Waals surface area contributed by atoms with Crippen LogP contribution in [0.3, 0.4) is 0 Å². The number of rotatable bonds is 7. The van der Waals surface area contributed by atoms with Crippen molar-refractivity contribution in [3.63, 3.8) is 0 Å². The third-order valence-corrected chi connectivity index (χ3v) is 3.98. The Kier molecular flexibility index (Phi) is 6.04. The minimum Gasteiger partial charge on any atom is -0.394 e. The van der Waals surface area contributed by atoms with Crippen LogP contribution in [0.5, 0.6) is 0 Å². The zero-order chi connectivity index (χ0) is 15.9. The van der Waals surface area contributed by atoms with Gasteiger partial charge in [0.1, 0.15) is 5.78 Å². The number of ketones is 2. The van der Waals surface area contributed by atoms with Crippen LogP contribution < -0.4 is 0 Å². The van der Waals surface area contributed by atoms with E-state index < -0.39 is 0 Å². The lowest BCUT2D eigenvalue weighted by atomic mass is 9.78. The van der Waals surface area contributed by atoms with Crippen LogP contribution in [0.1, 0.15) is 25.3 Å². The van der Waals surface area contributed by atoms with Gasteiger partial charge in [-0.1, -0.05) is 37.3 Å². The molecular formula is C18H22O4. The molecule has 0 spiro atoms. The Balaban J connectivity index is 2.29. The van der Waals surface area contributed by atoms with Crippen molar-refractivity contribution in [1.29, 1.82) is 0 Å². The summed E-state index contributed by atoms with van der Waals surface area (Å²) in [5.74, 6) is -0.512. The molecule has 0 heterocycles. The van der Waals surface area contributed by atoms with Crippen LogP contribution in [0, 0.1) is 5.92 Å². The van der Waals surface area contributed by atoms with Crippen LogP contribution in [-0.4, -0.2) is 36.5 Å². The monoisotopic (exact) mass is 302 g/mol. The zero-order valence-corrected chi connectivity index (χ0v) is 12.9. The van der Waals surface area contributed by atoms with Crippen LogP contribution in [0.2, 0.25) is 0 Å². The first-order chi connectivity index (χ1) is 10.7. The summed E-state index contributed by atoms with van der Waals surface area (Å²) in [5.41, 5.74) is 2.73. The lowest BCUT2D eigenvalue weighted by molar-refractivity contribution is -0.129. The molecular weight excluding hydrogens is 280 g/mol. The van der Waals surface area contributed by atoms with Crippen molar-refractivity contribution in [2.75, 3.05) is 19.8 Å². The van der Waals surface area contributed by atoms with Crippen molar-refractivity contribution < 1.29 is 19.4 Å². The Bertz CT molecular complexity index is 560. The number of carbonyl (C=O) groups excluding carboxylic acids is 2. The van der Waals surface area contributed by atoms with Gasteiger partial charge in [-0.15, -0.1) is 0 Å². The molecule has 1 atom stereocenters. The Hall–Kier alpha value is -1.78. The highest BCUT2D eigenvalue weighted by Gasteiger charge is 2.33. The largest absolute Gasteiger partial charge is 0.394 e. The molecule has 1 aliphatic rings. The molecule has 2 rings (SSSR count). The number of carbonyl (C=O) groups is 2. The first-order valence-electron chi connectivity index (χ1n) is 7.67. The van der Waals surface area contributed by atoms with Crippen molar-refractivity contribution in [3.05, 3.63) is 47.0 Å². The van der Waals surface area contributed by atoms with Crippen LogP contribution in [-0.2, 0) is 20.7 Å². The van der Waals surface area contributed by atoms with Gasteiger partial charge in [-0.3, -0.25) is 9.59 Å². The Labute approximate surface area is 130 Å². The molecule has 22 heavy (non-hydrogen) atoms. The standard InChI is InChI=1S/C18H22O4/c1-2-14-15(10-13-6-4-3-5-7-13)16(12-22-9-8-19)18(21)11-17(14)20/h3-7,16,19H,2,8-12H2,1H3. The summed E-state index contributed by atoms with van der Waals surface area (Å²) < 4.78 is 5.37. The summed E-state index contributed by atoms with van der Waals surface area (Å²) in [6.45, 7) is 2.31. The van der Waals surface area contributed by atoms with Gasteiger partial charge in [0.2, 0.25) is 0 Å². The summed E-state index contributed by atoms with van der Waals surface area (Å²) in [6, 6.07) is 9.83.